The average Bonchev–Trinajstić information content (AvgIpc) is 2.39. The zero-order valence-corrected chi connectivity index (χ0v) is 13.9. The Morgan fingerprint density at radius 1 is 1.00 bits per heavy atom. The third-order valence-corrected chi connectivity index (χ3v) is 4.48. The van der Waals surface area contributed by atoms with Crippen LogP contribution in [-0.2, 0) is 6.42 Å². The monoisotopic (exact) mass is 376 g/mol. The van der Waals surface area contributed by atoms with Gasteiger partial charge in [0.25, 0.3) is 0 Å². The summed E-state index contributed by atoms with van der Waals surface area (Å²) in [6, 6.07) is 13.7. The molecule has 0 saturated carbocycles. The average molecular weight is 379 g/mol. The van der Waals surface area contributed by atoms with Gasteiger partial charge in [-0.2, -0.15) is 0 Å². The molecule has 100 valence electrons. The van der Waals surface area contributed by atoms with Crippen LogP contribution in [0.2, 0.25) is 10.0 Å². The number of hydrogen-bond acceptors (Lipinski definition) is 0. The molecule has 0 spiro atoms. The van der Waals surface area contributed by atoms with E-state index in [1.54, 1.807) is 0 Å². The summed E-state index contributed by atoms with van der Waals surface area (Å²) in [5, 5.41) is 1.50. The fourth-order valence-corrected chi connectivity index (χ4v) is 3.11. The number of hydrogen-bond donors (Lipinski definition) is 0. The molecule has 0 aliphatic carbocycles. The summed E-state index contributed by atoms with van der Waals surface area (Å²) in [5.74, 6) is 0.784. The number of rotatable bonds is 4. The van der Waals surface area contributed by atoms with Gasteiger partial charge in [-0.15, -0.1) is 11.6 Å². The Morgan fingerprint density at radius 2 is 1.68 bits per heavy atom. The molecule has 19 heavy (non-hydrogen) atoms. The minimum atomic E-state index is 0.234. The van der Waals surface area contributed by atoms with Gasteiger partial charge in [0.1, 0.15) is 0 Å². The zero-order chi connectivity index (χ0) is 13.8. The van der Waals surface area contributed by atoms with Crippen molar-refractivity contribution in [1.29, 1.82) is 0 Å². The zero-order valence-electron chi connectivity index (χ0n) is 10.0. The van der Waals surface area contributed by atoms with Crippen LogP contribution in [-0.4, -0.2) is 5.88 Å². The molecule has 1 atom stereocenters. The standard InChI is InChI=1S/C15H12BrCl3/c16-13-4-1-11(15(19)8-13)7-12(9-17)10-2-5-14(18)6-3-10/h1-6,8,12H,7,9H2. The molecule has 4 heteroatoms. The Hall–Kier alpha value is -0.210. The first-order valence-electron chi connectivity index (χ1n) is 5.85. The van der Waals surface area contributed by atoms with E-state index in [0.717, 1.165) is 26.5 Å². The molecule has 0 fully saturated rings. The first-order chi connectivity index (χ1) is 9.10. The van der Waals surface area contributed by atoms with Gasteiger partial charge in [-0.05, 0) is 41.8 Å². The van der Waals surface area contributed by atoms with Crippen LogP contribution in [0.5, 0.6) is 0 Å². The van der Waals surface area contributed by atoms with E-state index in [4.69, 9.17) is 34.8 Å². The van der Waals surface area contributed by atoms with Gasteiger partial charge in [-0.25, -0.2) is 0 Å². The van der Waals surface area contributed by atoms with Crippen LogP contribution in [0.4, 0.5) is 0 Å². The maximum atomic E-state index is 6.25. The second-order valence-electron chi connectivity index (χ2n) is 4.34. The van der Waals surface area contributed by atoms with Crippen LogP contribution in [0.1, 0.15) is 17.0 Å². The highest BCUT2D eigenvalue weighted by Gasteiger charge is 2.13. The lowest BCUT2D eigenvalue weighted by molar-refractivity contribution is 0.766. The fourth-order valence-electron chi connectivity index (χ4n) is 1.95. The highest BCUT2D eigenvalue weighted by molar-refractivity contribution is 9.10. The molecule has 2 aromatic carbocycles. The largest absolute Gasteiger partial charge is 0.126 e. The summed E-state index contributed by atoms with van der Waals surface area (Å²) < 4.78 is 0.982. The van der Waals surface area contributed by atoms with Gasteiger partial charge >= 0.3 is 0 Å². The Labute approximate surface area is 136 Å². The molecule has 0 N–H and O–H groups in total. The lowest BCUT2D eigenvalue weighted by atomic mass is 9.93. The molecule has 0 bridgehead atoms. The van der Waals surface area contributed by atoms with Crippen LogP contribution in [0.3, 0.4) is 0 Å². The minimum Gasteiger partial charge on any atom is -0.126 e. The van der Waals surface area contributed by atoms with Gasteiger partial charge in [0.2, 0.25) is 0 Å². The molecule has 0 aliphatic rings. The van der Waals surface area contributed by atoms with Crippen LogP contribution < -0.4 is 0 Å². The van der Waals surface area contributed by atoms with Crippen LogP contribution >= 0.6 is 50.7 Å². The van der Waals surface area contributed by atoms with Crippen molar-refractivity contribution in [2.24, 2.45) is 0 Å². The van der Waals surface area contributed by atoms with Crippen LogP contribution in [0.25, 0.3) is 0 Å². The molecule has 0 radical (unpaired) electrons. The van der Waals surface area contributed by atoms with Gasteiger partial charge in [0.15, 0.2) is 0 Å². The van der Waals surface area contributed by atoms with E-state index in [-0.39, 0.29) is 5.92 Å². The molecule has 0 aromatic heterocycles. The van der Waals surface area contributed by atoms with Crippen molar-refractivity contribution in [2.45, 2.75) is 12.3 Å². The summed E-state index contributed by atoms with van der Waals surface area (Å²) in [6.45, 7) is 0. The topological polar surface area (TPSA) is 0 Å². The van der Waals surface area contributed by atoms with E-state index in [0.29, 0.717) is 5.88 Å². The van der Waals surface area contributed by atoms with Gasteiger partial charge in [0, 0.05) is 26.3 Å². The molecule has 1 unspecified atom stereocenters. The van der Waals surface area contributed by atoms with Gasteiger partial charge < -0.3 is 0 Å². The van der Waals surface area contributed by atoms with E-state index in [1.807, 2.05) is 42.5 Å². The molecular weight excluding hydrogens is 366 g/mol. The van der Waals surface area contributed by atoms with Gasteiger partial charge in [-0.3, -0.25) is 0 Å². The molecule has 2 aromatic rings. The van der Waals surface area contributed by atoms with Crippen molar-refractivity contribution in [3.63, 3.8) is 0 Å². The molecule has 0 heterocycles. The Balaban J connectivity index is 2.21. The molecular formula is C15H12BrCl3. The minimum absolute atomic E-state index is 0.234. The van der Waals surface area contributed by atoms with Crippen molar-refractivity contribution in [2.75, 3.05) is 5.88 Å². The third-order valence-electron chi connectivity index (χ3n) is 3.01. The van der Waals surface area contributed by atoms with Crippen molar-refractivity contribution >= 4 is 50.7 Å². The quantitative estimate of drug-likeness (QED) is 0.546. The molecule has 0 nitrogen and oxygen atoms in total. The Bertz CT molecular complexity index is 552. The van der Waals surface area contributed by atoms with E-state index in [2.05, 4.69) is 15.9 Å². The predicted molar refractivity (Wildman–Crippen MR) is 87.8 cm³/mol. The smallest absolute Gasteiger partial charge is 0.0449 e. The lowest BCUT2D eigenvalue weighted by Gasteiger charge is -2.15. The number of benzene rings is 2. The molecule has 0 aliphatic heterocycles. The summed E-state index contributed by atoms with van der Waals surface area (Å²) in [5.41, 5.74) is 2.28. The second-order valence-corrected chi connectivity index (χ2v) is 6.41. The third kappa shape index (κ3) is 4.13. The van der Waals surface area contributed by atoms with Gasteiger partial charge in [0.05, 0.1) is 0 Å². The highest BCUT2D eigenvalue weighted by Crippen LogP contribution is 2.28. The predicted octanol–water partition coefficient (Wildman–Crippen LogP) is 6.32. The summed E-state index contributed by atoms with van der Waals surface area (Å²) in [4.78, 5) is 0. The van der Waals surface area contributed by atoms with Crippen molar-refractivity contribution < 1.29 is 0 Å². The van der Waals surface area contributed by atoms with E-state index >= 15 is 0 Å². The fraction of sp³-hybridized carbons (Fsp3) is 0.200. The lowest BCUT2D eigenvalue weighted by Crippen LogP contribution is -2.05. The Kier molecular flexibility index (Phi) is 5.58. The molecule has 2 rings (SSSR count). The van der Waals surface area contributed by atoms with Crippen molar-refractivity contribution in [3.8, 4) is 0 Å². The molecule has 0 saturated heterocycles. The Morgan fingerprint density at radius 3 is 2.26 bits per heavy atom. The van der Waals surface area contributed by atoms with Crippen LogP contribution in [0.15, 0.2) is 46.9 Å². The molecule has 0 amide bonds. The SMILES string of the molecule is ClCC(Cc1ccc(Br)cc1Cl)c1ccc(Cl)cc1. The maximum Gasteiger partial charge on any atom is 0.0449 e. The normalized spacial score (nSPS) is 12.4. The van der Waals surface area contributed by atoms with Crippen molar-refractivity contribution in [3.05, 3.63) is 68.1 Å². The first kappa shape index (κ1) is 15.2. The van der Waals surface area contributed by atoms with E-state index < -0.39 is 0 Å². The maximum absolute atomic E-state index is 6.25. The van der Waals surface area contributed by atoms with Crippen LogP contribution in [0, 0.1) is 0 Å². The highest BCUT2D eigenvalue weighted by atomic mass is 79.9. The number of halogens is 4. The van der Waals surface area contributed by atoms with Crippen molar-refractivity contribution in [1.82, 2.24) is 0 Å². The summed E-state index contributed by atoms with van der Waals surface area (Å²) in [7, 11) is 0. The number of alkyl halides is 1. The summed E-state index contributed by atoms with van der Waals surface area (Å²) in [6.07, 6.45) is 0.817. The van der Waals surface area contributed by atoms with E-state index in [1.165, 1.54) is 5.56 Å². The summed E-state index contributed by atoms with van der Waals surface area (Å²) >= 11 is 21.6. The van der Waals surface area contributed by atoms with Gasteiger partial charge in [-0.1, -0.05) is 57.3 Å². The second kappa shape index (κ2) is 6.99. The van der Waals surface area contributed by atoms with E-state index in [9.17, 15) is 0 Å². The first-order valence-corrected chi connectivity index (χ1v) is 7.94.